The molecule has 0 saturated carbocycles. The van der Waals surface area contributed by atoms with Crippen LogP contribution in [0.4, 0.5) is 0 Å². The van der Waals surface area contributed by atoms with E-state index < -0.39 is 6.10 Å². The molecule has 0 aliphatic carbocycles. The second-order valence-electron chi connectivity index (χ2n) is 2.94. The van der Waals surface area contributed by atoms with Gasteiger partial charge >= 0.3 is 0 Å². The van der Waals surface area contributed by atoms with Gasteiger partial charge in [0.15, 0.2) is 6.10 Å². The Bertz CT molecular complexity index is 324. The number of amides is 1. The van der Waals surface area contributed by atoms with Gasteiger partial charge in [-0.1, -0.05) is 0 Å². The fraction of sp³-hybridized carbons (Fsp3) is 0.300. The number of carbonyl (C=O) groups excluding carboxylic acids is 1. The van der Waals surface area contributed by atoms with Crippen LogP contribution in [0.15, 0.2) is 24.3 Å². The summed E-state index contributed by atoms with van der Waals surface area (Å²) in [6, 6.07) is 6.95. The molecule has 1 unspecified atom stereocenters. The number of hydrogen-bond donors (Lipinski definition) is 2. The second-order valence-corrected chi connectivity index (χ2v) is 2.94. The van der Waals surface area contributed by atoms with E-state index in [9.17, 15) is 4.79 Å². The van der Waals surface area contributed by atoms with Crippen LogP contribution in [0.25, 0.3) is 0 Å². The third-order valence-corrected chi connectivity index (χ3v) is 1.88. The second kappa shape index (κ2) is 5.21. The molecule has 1 aromatic carbocycles. The van der Waals surface area contributed by atoms with Crippen molar-refractivity contribution in [3.05, 3.63) is 24.3 Å². The molecule has 3 N–H and O–H groups in total. The smallest absolute Gasteiger partial charge is 0.274 e. The Morgan fingerprint density at radius 3 is 2.33 bits per heavy atom. The molecule has 0 fully saturated rings. The van der Waals surface area contributed by atoms with Crippen LogP contribution in [0.3, 0.4) is 0 Å². The number of hydrogen-bond acceptors (Lipinski definition) is 4. The van der Waals surface area contributed by atoms with Crippen molar-refractivity contribution in [3.63, 3.8) is 0 Å². The first-order chi connectivity index (χ1) is 7.17. The molecular weight excluding hydrogens is 196 g/mol. The highest BCUT2D eigenvalue weighted by molar-refractivity contribution is 5.80. The van der Waals surface area contributed by atoms with E-state index in [0.29, 0.717) is 5.75 Å². The Morgan fingerprint density at radius 2 is 1.87 bits per heavy atom. The molecule has 0 aliphatic rings. The molecule has 0 bridgehead atoms. The molecule has 0 heterocycles. The largest absolute Gasteiger partial charge is 0.497 e. The number of nitrogens with one attached hydrogen (secondary N) is 1. The first-order valence-corrected chi connectivity index (χ1v) is 4.48. The zero-order valence-electron chi connectivity index (χ0n) is 8.69. The molecule has 1 aromatic rings. The number of nitrogens with two attached hydrogens (primary N) is 1. The van der Waals surface area contributed by atoms with E-state index in [1.807, 2.05) is 5.43 Å². The van der Waals surface area contributed by atoms with Crippen LogP contribution in [0.5, 0.6) is 11.5 Å². The fourth-order valence-electron chi connectivity index (χ4n) is 1.03. The Kier molecular flexibility index (Phi) is 3.93. The third kappa shape index (κ3) is 3.14. The van der Waals surface area contributed by atoms with E-state index in [4.69, 9.17) is 15.3 Å². The average Bonchev–Trinajstić information content (AvgIpc) is 2.29. The van der Waals surface area contributed by atoms with E-state index in [-0.39, 0.29) is 5.91 Å². The maximum absolute atomic E-state index is 11.1. The molecule has 1 amide bonds. The number of rotatable bonds is 4. The minimum absolute atomic E-state index is 0.370. The maximum atomic E-state index is 11.1. The average molecular weight is 210 g/mol. The van der Waals surface area contributed by atoms with Crippen LogP contribution < -0.4 is 20.7 Å². The molecule has 82 valence electrons. The SMILES string of the molecule is COc1ccc(OC(C)C(=O)NN)cc1. The third-order valence-electron chi connectivity index (χ3n) is 1.88. The van der Waals surface area contributed by atoms with Gasteiger partial charge < -0.3 is 9.47 Å². The monoisotopic (exact) mass is 210 g/mol. The zero-order chi connectivity index (χ0) is 11.3. The van der Waals surface area contributed by atoms with Crippen LogP contribution in [-0.4, -0.2) is 19.1 Å². The van der Waals surface area contributed by atoms with Gasteiger partial charge in [-0.15, -0.1) is 0 Å². The highest BCUT2D eigenvalue weighted by Gasteiger charge is 2.12. The standard InChI is InChI=1S/C10H14N2O3/c1-7(10(13)12-11)15-9-5-3-8(14-2)4-6-9/h3-7H,11H2,1-2H3,(H,12,13). The van der Waals surface area contributed by atoms with Gasteiger partial charge in [-0.3, -0.25) is 10.2 Å². The lowest BCUT2D eigenvalue weighted by molar-refractivity contribution is -0.127. The van der Waals surface area contributed by atoms with Gasteiger partial charge in [-0.2, -0.15) is 0 Å². The Labute approximate surface area is 88.1 Å². The van der Waals surface area contributed by atoms with E-state index in [0.717, 1.165) is 5.75 Å². The van der Waals surface area contributed by atoms with E-state index in [1.165, 1.54) is 0 Å². The molecule has 0 spiro atoms. The fourth-order valence-corrected chi connectivity index (χ4v) is 1.03. The normalized spacial score (nSPS) is 11.7. The molecule has 5 nitrogen and oxygen atoms in total. The Balaban J connectivity index is 2.60. The summed E-state index contributed by atoms with van der Waals surface area (Å²) in [5, 5.41) is 0. The van der Waals surface area contributed by atoms with E-state index in [2.05, 4.69) is 0 Å². The predicted octanol–water partition coefficient (Wildman–Crippen LogP) is 0.452. The van der Waals surface area contributed by atoms with Crippen molar-refractivity contribution < 1.29 is 14.3 Å². The number of ether oxygens (including phenoxy) is 2. The quantitative estimate of drug-likeness (QED) is 0.430. The molecule has 0 aliphatic heterocycles. The number of benzene rings is 1. The van der Waals surface area contributed by atoms with Gasteiger partial charge in [0.2, 0.25) is 0 Å². The molecule has 0 saturated heterocycles. The zero-order valence-corrected chi connectivity index (χ0v) is 8.69. The minimum Gasteiger partial charge on any atom is -0.497 e. The van der Waals surface area contributed by atoms with Crippen molar-refractivity contribution in [1.29, 1.82) is 0 Å². The van der Waals surface area contributed by atoms with Crippen LogP contribution in [-0.2, 0) is 4.79 Å². The predicted molar refractivity (Wildman–Crippen MR) is 55.4 cm³/mol. The van der Waals surface area contributed by atoms with Gasteiger partial charge in [0.05, 0.1) is 7.11 Å². The van der Waals surface area contributed by atoms with Crippen molar-refractivity contribution in [2.24, 2.45) is 5.84 Å². The summed E-state index contributed by atoms with van der Waals surface area (Å²) >= 11 is 0. The Hall–Kier alpha value is -1.75. The molecule has 0 aromatic heterocycles. The first kappa shape index (κ1) is 11.3. The lowest BCUT2D eigenvalue weighted by Gasteiger charge is -2.12. The summed E-state index contributed by atoms with van der Waals surface area (Å²) in [7, 11) is 1.58. The summed E-state index contributed by atoms with van der Waals surface area (Å²) in [4.78, 5) is 11.1. The van der Waals surface area contributed by atoms with E-state index in [1.54, 1.807) is 38.3 Å². The summed E-state index contributed by atoms with van der Waals surface area (Å²) in [5.41, 5.74) is 2.02. The van der Waals surface area contributed by atoms with Crippen molar-refractivity contribution in [2.75, 3.05) is 7.11 Å². The number of carbonyl (C=O) groups is 1. The van der Waals surface area contributed by atoms with Crippen LogP contribution >= 0.6 is 0 Å². The van der Waals surface area contributed by atoms with Gasteiger partial charge in [-0.25, -0.2) is 5.84 Å². The minimum atomic E-state index is -0.622. The van der Waals surface area contributed by atoms with Gasteiger partial charge in [0.25, 0.3) is 5.91 Å². The number of hydrazine groups is 1. The van der Waals surface area contributed by atoms with Crippen LogP contribution in [0.1, 0.15) is 6.92 Å². The molecular formula is C10H14N2O3. The van der Waals surface area contributed by atoms with Gasteiger partial charge in [0, 0.05) is 0 Å². The molecule has 15 heavy (non-hydrogen) atoms. The summed E-state index contributed by atoms with van der Waals surface area (Å²) in [6.45, 7) is 1.62. The van der Waals surface area contributed by atoms with Crippen LogP contribution in [0.2, 0.25) is 0 Å². The van der Waals surface area contributed by atoms with E-state index >= 15 is 0 Å². The number of methoxy groups -OCH3 is 1. The van der Waals surface area contributed by atoms with Crippen LogP contribution in [0, 0.1) is 0 Å². The van der Waals surface area contributed by atoms with Crippen molar-refractivity contribution in [2.45, 2.75) is 13.0 Å². The molecule has 0 radical (unpaired) electrons. The van der Waals surface area contributed by atoms with Crippen molar-refractivity contribution in [3.8, 4) is 11.5 Å². The summed E-state index contributed by atoms with van der Waals surface area (Å²) in [6.07, 6.45) is -0.622. The summed E-state index contributed by atoms with van der Waals surface area (Å²) in [5.74, 6) is 5.93. The van der Waals surface area contributed by atoms with Gasteiger partial charge in [0.1, 0.15) is 11.5 Å². The molecule has 5 heteroatoms. The molecule has 1 rings (SSSR count). The van der Waals surface area contributed by atoms with Crippen molar-refractivity contribution in [1.82, 2.24) is 5.43 Å². The first-order valence-electron chi connectivity index (χ1n) is 4.48. The summed E-state index contributed by atoms with van der Waals surface area (Å²) < 4.78 is 10.3. The topological polar surface area (TPSA) is 73.6 Å². The lowest BCUT2D eigenvalue weighted by Crippen LogP contribution is -2.40. The van der Waals surface area contributed by atoms with Crippen molar-refractivity contribution >= 4 is 5.91 Å². The highest BCUT2D eigenvalue weighted by Crippen LogP contribution is 2.17. The maximum Gasteiger partial charge on any atom is 0.274 e. The Morgan fingerprint density at radius 1 is 1.33 bits per heavy atom. The molecule has 1 atom stereocenters. The highest BCUT2D eigenvalue weighted by atomic mass is 16.5. The van der Waals surface area contributed by atoms with Gasteiger partial charge in [-0.05, 0) is 31.2 Å². The lowest BCUT2D eigenvalue weighted by atomic mass is 10.3.